The van der Waals surface area contributed by atoms with Gasteiger partial charge in [0.05, 0.1) is 16.9 Å². The number of hydrogen-bond donors (Lipinski definition) is 0. The number of thiocarbonyl (C=S) groups is 1. The average molecular weight is 335 g/mol. The first-order valence-corrected chi connectivity index (χ1v) is 7.35. The molecule has 1 heterocycles. The van der Waals surface area contributed by atoms with Gasteiger partial charge in [-0.1, -0.05) is 54.3 Å². The van der Waals surface area contributed by atoms with E-state index in [0.717, 1.165) is 22.2 Å². The lowest BCUT2D eigenvalue weighted by Crippen LogP contribution is -2.52. The zero-order valence-electron chi connectivity index (χ0n) is 11.1. The summed E-state index contributed by atoms with van der Waals surface area (Å²) in [7, 11) is 0. The molecule has 114 valence electrons. The van der Waals surface area contributed by atoms with Gasteiger partial charge < -0.3 is 19.8 Å². The number of rotatable bonds is 5. The second kappa shape index (κ2) is 6.71. The summed E-state index contributed by atoms with van der Waals surface area (Å²) in [5.41, 5.74) is 0.743. The zero-order chi connectivity index (χ0) is 16.3. The van der Waals surface area contributed by atoms with E-state index in [4.69, 9.17) is 12.2 Å². The van der Waals surface area contributed by atoms with Gasteiger partial charge in [-0.05, 0) is 11.6 Å². The van der Waals surface area contributed by atoms with Crippen molar-refractivity contribution in [2.24, 2.45) is 0 Å². The second-order valence-electron chi connectivity index (χ2n) is 4.37. The third-order valence-corrected chi connectivity index (χ3v) is 4.20. The largest absolute Gasteiger partial charge is 0.550 e. The van der Waals surface area contributed by atoms with Gasteiger partial charge in [0, 0.05) is 12.4 Å². The summed E-state index contributed by atoms with van der Waals surface area (Å²) in [6, 6.07) is 7.24. The fourth-order valence-corrected chi connectivity index (χ4v) is 3.24. The van der Waals surface area contributed by atoms with Crippen LogP contribution in [0.3, 0.4) is 0 Å². The van der Waals surface area contributed by atoms with Crippen LogP contribution in [0, 0.1) is 0 Å². The highest BCUT2D eigenvalue weighted by molar-refractivity contribution is 8.26. The van der Waals surface area contributed by atoms with Crippen LogP contribution < -0.4 is 10.2 Å². The Labute approximate surface area is 135 Å². The molecule has 1 aromatic carbocycles. The number of carboxylic acid groups (broad SMARTS) is 2. The van der Waals surface area contributed by atoms with Gasteiger partial charge in [0.25, 0.3) is 5.91 Å². The van der Waals surface area contributed by atoms with Gasteiger partial charge in [0.15, 0.2) is 0 Å². The normalized spacial score (nSPS) is 17.8. The number of aliphatic carboxylic acids is 2. The quantitative estimate of drug-likeness (QED) is 0.510. The fourth-order valence-electron chi connectivity index (χ4n) is 1.89. The molecule has 0 spiro atoms. The Hall–Kier alpha value is -2.19. The highest BCUT2D eigenvalue weighted by Gasteiger charge is 2.37. The molecule has 2 rings (SSSR count). The Kier molecular flexibility index (Phi) is 4.94. The standard InChI is InChI=1S/C14H11NO5S2/c16-11(17)7-9(13(19)20)15-12(18)10(22-14(15)21)6-8-4-2-1-3-5-8/h1-6,9H,7H2,(H,16,17)(H,19,20)/p-2/b10-6+/t9-/m0/s1. The van der Waals surface area contributed by atoms with Crippen LogP contribution in [0.25, 0.3) is 6.08 Å². The summed E-state index contributed by atoms with van der Waals surface area (Å²) in [6.45, 7) is 0. The topological polar surface area (TPSA) is 101 Å². The van der Waals surface area contributed by atoms with Crippen molar-refractivity contribution in [3.05, 3.63) is 40.8 Å². The van der Waals surface area contributed by atoms with Crippen molar-refractivity contribution in [2.45, 2.75) is 12.5 Å². The highest BCUT2D eigenvalue weighted by atomic mass is 32.2. The van der Waals surface area contributed by atoms with Crippen LogP contribution in [0.4, 0.5) is 0 Å². The number of hydrogen-bond acceptors (Lipinski definition) is 7. The van der Waals surface area contributed by atoms with E-state index in [-0.39, 0.29) is 9.23 Å². The molecule has 0 aromatic heterocycles. The molecule has 6 nitrogen and oxygen atoms in total. The molecule has 8 heteroatoms. The first kappa shape index (κ1) is 16.2. The van der Waals surface area contributed by atoms with Gasteiger partial charge in [-0.2, -0.15) is 0 Å². The molecule has 1 atom stereocenters. The number of nitrogens with zero attached hydrogens (tertiary/aromatic N) is 1. The molecular formula is C14H9NO5S2-2. The fraction of sp³-hybridized carbons (Fsp3) is 0.143. The van der Waals surface area contributed by atoms with E-state index in [9.17, 15) is 24.6 Å². The van der Waals surface area contributed by atoms with E-state index in [1.807, 2.05) is 6.07 Å². The SMILES string of the molecule is O=C([O-])C[C@@H](C(=O)[O-])N1C(=O)/C(=C\c2ccccc2)SC1=S. The maximum Gasteiger partial charge on any atom is 0.266 e. The molecule has 22 heavy (non-hydrogen) atoms. The minimum Gasteiger partial charge on any atom is -0.550 e. The summed E-state index contributed by atoms with van der Waals surface area (Å²) >= 11 is 5.90. The van der Waals surface area contributed by atoms with E-state index in [1.165, 1.54) is 0 Å². The second-order valence-corrected chi connectivity index (χ2v) is 6.05. The lowest BCUT2D eigenvalue weighted by atomic mass is 10.1. The van der Waals surface area contributed by atoms with E-state index in [2.05, 4.69) is 0 Å². The average Bonchev–Trinajstić information content (AvgIpc) is 2.72. The van der Waals surface area contributed by atoms with Crippen LogP contribution >= 0.6 is 24.0 Å². The van der Waals surface area contributed by atoms with E-state index in [0.29, 0.717) is 0 Å². The van der Waals surface area contributed by atoms with Gasteiger partial charge in [-0.3, -0.25) is 9.69 Å². The molecule has 0 aliphatic carbocycles. The number of carboxylic acids is 2. The monoisotopic (exact) mass is 335 g/mol. The molecule has 0 saturated carbocycles. The summed E-state index contributed by atoms with van der Waals surface area (Å²) in [4.78, 5) is 35.0. The molecule has 0 N–H and O–H groups in total. The molecule has 0 unspecified atom stereocenters. The molecule has 1 aliphatic rings. The van der Waals surface area contributed by atoms with Gasteiger partial charge in [-0.15, -0.1) is 0 Å². The van der Waals surface area contributed by atoms with Crippen molar-refractivity contribution in [3.8, 4) is 0 Å². The Balaban J connectivity index is 2.30. The maximum absolute atomic E-state index is 12.3. The number of benzene rings is 1. The lowest BCUT2D eigenvalue weighted by molar-refractivity contribution is -0.319. The Bertz CT molecular complexity index is 671. The van der Waals surface area contributed by atoms with Crippen molar-refractivity contribution >= 4 is 52.2 Å². The third-order valence-electron chi connectivity index (χ3n) is 2.86. The predicted octanol–water partition coefficient (Wildman–Crippen LogP) is -0.854. The smallest absolute Gasteiger partial charge is 0.266 e. The summed E-state index contributed by atoms with van der Waals surface area (Å²) in [5, 5.41) is 21.7. The first-order chi connectivity index (χ1) is 10.4. The van der Waals surface area contributed by atoms with Crippen LogP contribution in [0.15, 0.2) is 35.2 Å². The van der Waals surface area contributed by atoms with Crippen LogP contribution in [-0.2, 0) is 14.4 Å². The van der Waals surface area contributed by atoms with E-state index in [1.54, 1.807) is 30.3 Å². The molecule has 1 saturated heterocycles. The Morgan fingerprint density at radius 2 is 1.91 bits per heavy atom. The van der Waals surface area contributed by atoms with Crippen molar-refractivity contribution in [3.63, 3.8) is 0 Å². The molecule has 1 amide bonds. The number of amides is 1. The van der Waals surface area contributed by atoms with Crippen molar-refractivity contribution < 1.29 is 24.6 Å². The first-order valence-electron chi connectivity index (χ1n) is 6.13. The maximum atomic E-state index is 12.3. The van der Waals surface area contributed by atoms with Crippen molar-refractivity contribution in [1.29, 1.82) is 0 Å². The molecule has 0 bridgehead atoms. The lowest BCUT2D eigenvalue weighted by Gasteiger charge is -2.27. The Morgan fingerprint density at radius 3 is 2.45 bits per heavy atom. The molecular weight excluding hydrogens is 326 g/mol. The van der Waals surface area contributed by atoms with Crippen LogP contribution in [0.1, 0.15) is 12.0 Å². The van der Waals surface area contributed by atoms with Crippen molar-refractivity contribution in [2.75, 3.05) is 0 Å². The molecule has 0 radical (unpaired) electrons. The summed E-state index contributed by atoms with van der Waals surface area (Å²) in [6.07, 6.45) is 0.679. The minimum absolute atomic E-state index is 0.0253. The van der Waals surface area contributed by atoms with Crippen LogP contribution in [0.5, 0.6) is 0 Å². The third kappa shape index (κ3) is 3.52. The summed E-state index contributed by atoms with van der Waals surface area (Å²) in [5.74, 6) is -3.95. The van der Waals surface area contributed by atoms with Gasteiger partial charge >= 0.3 is 0 Å². The zero-order valence-corrected chi connectivity index (χ0v) is 12.7. The molecule has 1 fully saturated rings. The van der Waals surface area contributed by atoms with E-state index < -0.39 is 30.3 Å². The van der Waals surface area contributed by atoms with Crippen LogP contribution in [-0.4, -0.2) is 33.1 Å². The van der Waals surface area contributed by atoms with Gasteiger partial charge in [0.2, 0.25) is 0 Å². The Morgan fingerprint density at radius 1 is 1.27 bits per heavy atom. The van der Waals surface area contributed by atoms with Gasteiger partial charge in [-0.25, -0.2) is 0 Å². The van der Waals surface area contributed by atoms with Crippen LogP contribution in [0.2, 0.25) is 0 Å². The minimum atomic E-state index is -1.69. The predicted molar refractivity (Wildman–Crippen MR) is 79.9 cm³/mol. The number of carbonyl (C=O) groups is 3. The number of carbonyl (C=O) groups excluding carboxylic acids is 3. The van der Waals surface area contributed by atoms with Crippen molar-refractivity contribution in [1.82, 2.24) is 4.90 Å². The molecule has 1 aliphatic heterocycles. The summed E-state index contributed by atoms with van der Waals surface area (Å²) < 4.78 is -0.0253. The van der Waals surface area contributed by atoms with Gasteiger partial charge in [0.1, 0.15) is 4.32 Å². The highest BCUT2D eigenvalue weighted by Crippen LogP contribution is 2.34. The van der Waals surface area contributed by atoms with E-state index >= 15 is 0 Å². The molecule has 1 aromatic rings. The number of thioether (sulfide) groups is 1.